The summed E-state index contributed by atoms with van der Waals surface area (Å²) >= 11 is 1.28. The summed E-state index contributed by atoms with van der Waals surface area (Å²) in [5, 5.41) is 0. The van der Waals surface area contributed by atoms with Crippen molar-refractivity contribution in [2.75, 3.05) is 13.7 Å². The van der Waals surface area contributed by atoms with Gasteiger partial charge in [0.1, 0.15) is 12.4 Å². The lowest BCUT2D eigenvalue weighted by molar-refractivity contribution is -0.139. The molecule has 228 valence electrons. The summed E-state index contributed by atoms with van der Waals surface area (Å²) in [6.45, 7) is 10.1. The van der Waals surface area contributed by atoms with Crippen molar-refractivity contribution in [3.8, 4) is 17.2 Å². The van der Waals surface area contributed by atoms with Gasteiger partial charge in [-0.1, -0.05) is 59.4 Å². The van der Waals surface area contributed by atoms with Crippen LogP contribution in [0.2, 0.25) is 0 Å². The number of carbonyl (C=O) groups is 1. The lowest BCUT2D eigenvalue weighted by Gasteiger charge is -2.25. The molecule has 0 bridgehead atoms. The van der Waals surface area contributed by atoms with Crippen LogP contribution in [0.25, 0.3) is 6.08 Å². The largest absolute Gasteiger partial charge is 0.493 e. The molecule has 0 saturated heterocycles. The van der Waals surface area contributed by atoms with Crippen LogP contribution in [0, 0.1) is 6.92 Å². The van der Waals surface area contributed by atoms with Gasteiger partial charge in [0.05, 0.1) is 41.7 Å². The fourth-order valence-corrected chi connectivity index (χ4v) is 6.14. The zero-order valence-electron chi connectivity index (χ0n) is 25.7. The van der Waals surface area contributed by atoms with Gasteiger partial charge in [-0.25, -0.2) is 9.79 Å². The number of hydrogen-bond donors (Lipinski definition) is 0. The fraction of sp³-hybridized carbons (Fsp3) is 0.286. The number of carbonyl (C=O) groups excluding carboxylic acids is 1. The van der Waals surface area contributed by atoms with Gasteiger partial charge < -0.3 is 18.9 Å². The molecule has 8 nitrogen and oxygen atoms in total. The van der Waals surface area contributed by atoms with E-state index in [1.807, 2.05) is 62.4 Å². The number of aryl methyl sites for hydroxylation is 1. The monoisotopic (exact) mass is 612 g/mol. The van der Waals surface area contributed by atoms with Crippen LogP contribution in [0.5, 0.6) is 17.2 Å². The summed E-state index contributed by atoms with van der Waals surface area (Å²) in [6, 6.07) is 20.5. The smallest absolute Gasteiger partial charge is 0.338 e. The van der Waals surface area contributed by atoms with E-state index in [4.69, 9.17) is 18.9 Å². The molecule has 4 aromatic rings. The Labute approximate surface area is 260 Å². The Morgan fingerprint density at radius 2 is 1.82 bits per heavy atom. The number of aromatic nitrogens is 1. The highest BCUT2D eigenvalue weighted by Gasteiger charge is 2.34. The van der Waals surface area contributed by atoms with E-state index >= 15 is 0 Å². The van der Waals surface area contributed by atoms with Crippen molar-refractivity contribution in [2.45, 2.75) is 53.4 Å². The maximum absolute atomic E-state index is 14.0. The van der Waals surface area contributed by atoms with E-state index in [9.17, 15) is 9.59 Å². The van der Waals surface area contributed by atoms with Crippen LogP contribution in [-0.2, 0) is 16.1 Å². The highest BCUT2D eigenvalue weighted by Crippen LogP contribution is 2.36. The van der Waals surface area contributed by atoms with E-state index in [2.05, 4.69) is 24.0 Å². The average molecular weight is 613 g/mol. The maximum Gasteiger partial charge on any atom is 0.338 e. The van der Waals surface area contributed by atoms with Gasteiger partial charge in [0.25, 0.3) is 5.56 Å². The molecule has 0 N–H and O–H groups in total. The van der Waals surface area contributed by atoms with Crippen LogP contribution in [0.3, 0.4) is 0 Å². The van der Waals surface area contributed by atoms with Crippen LogP contribution in [0.4, 0.5) is 0 Å². The highest BCUT2D eigenvalue weighted by molar-refractivity contribution is 7.07. The first-order chi connectivity index (χ1) is 21.2. The molecular weight excluding hydrogens is 576 g/mol. The summed E-state index contributed by atoms with van der Waals surface area (Å²) < 4.78 is 25.0. The molecule has 1 aliphatic rings. The summed E-state index contributed by atoms with van der Waals surface area (Å²) in [5.74, 6) is 1.29. The van der Waals surface area contributed by atoms with Gasteiger partial charge in [-0.15, -0.1) is 0 Å². The minimum Gasteiger partial charge on any atom is -0.493 e. The topological polar surface area (TPSA) is 88.4 Å². The Morgan fingerprint density at radius 1 is 1.05 bits per heavy atom. The third kappa shape index (κ3) is 6.63. The molecule has 0 fully saturated rings. The van der Waals surface area contributed by atoms with E-state index in [0.29, 0.717) is 44.3 Å². The van der Waals surface area contributed by atoms with Crippen molar-refractivity contribution >= 4 is 23.4 Å². The minimum absolute atomic E-state index is 0.0570. The summed E-state index contributed by atoms with van der Waals surface area (Å²) in [4.78, 5) is 32.4. The second-order valence-corrected chi connectivity index (χ2v) is 11.7. The van der Waals surface area contributed by atoms with E-state index < -0.39 is 12.0 Å². The van der Waals surface area contributed by atoms with Gasteiger partial charge in [-0.3, -0.25) is 9.36 Å². The molecule has 1 aromatic heterocycles. The Hall–Kier alpha value is -4.63. The molecule has 0 amide bonds. The SMILES string of the molecule is CCOC(=O)C1=C(C)N=c2s/c(=C\c3ccc(OCc4cccc(C)c4)cc3)c(=O)n2[C@@H]1c1ccc(OC(C)C)c(OC)c1. The van der Waals surface area contributed by atoms with Crippen molar-refractivity contribution < 1.29 is 23.7 Å². The zero-order chi connectivity index (χ0) is 31.4. The molecule has 0 saturated carbocycles. The predicted molar refractivity (Wildman–Crippen MR) is 171 cm³/mol. The van der Waals surface area contributed by atoms with Crippen LogP contribution in [0.1, 0.15) is 56.0 Å². The van der Waals surface area contributed by atoms with Crippen LogP contribution in [-0.4, -0.2) is 30.4 Å². The lowest BCUT2D eigenvalue weighted by Crippen LogP contribution is -2.40. The number of benzene rings is 3. The van der Waals surface area contributed by atoms with Crippen molar-refractivity contribution in [1.29, 1.82) is 0 Å². The highest BCUT2D eigenvalue weighted by atomic mass is 32.1. The average Bonchev–Trinajstić information content (AvgIpc) is 3.30. The number of hydrogen-bond acceptors (Lipinski definition) is 8. The number of allylic oxidation sites excluding steroid dienone is 1. The van der Waals surface area contributed by atoms with E-state index in [1.165, 1.54) is 16.9 Å². The molecule has 5 rings (SSSR count). The summed E-state index contributed by atoms with van der Waals surface area (Å²) in [5.41, 5.74) is 4.35. The molecule has 0 aliphatic carbocycles. The van der Waals surface area contributed by atoms with E-state index in [0.717, 1.165) is 16.9 Å². The first-order valence-electron chi connectivity index (χ1n) is 14.5. The Balaban J connectivity index is 1.52. The molecule has 0 radical (unpaired) electrons. The van der Waals surface area contributed by atoms with E-state index in [-0.39, 0.29) is 18.3 Å². The van der Waals surface area contributed by atoms with Crippen LogP contribution in [0.15, 0.2) is 87.8 Å². The quantitative estimate of drug-likeness (QED) is 0.221. The Kier molecular flexibility index (Phi) is 9.35. The molecule has 1 atom stereocenters. The number of methoxy groups -OCH3 is 1. The summed E-state index contributed by atoms with van der Waals surface area (Å²) in [6.07, 6.45) is 1.77. The molecular formula is C35H36N2O6S. The Morgan fingerprint density at radius 3 is 2.50 bits per heavy atom. The van der Waals surface area contributed by atoms with Gasteiger partial charge >= 0.3 is 5.97 Å². The number of thiazole rings is 1. The zero-order valence-corrected chi connectivity index (χ0v) is 26.6. The second kappa shape index (κ2) is 13.3. The van der Waals surface area contributed by atoms with Crippen LogP contribution < -0.4 is 29.1 Å². The Bertz CT molecular complexity index is 1890. The number of fused-ring (bicyclic) bond motifs is 1. The third-order valence-corrected chi connectivity index (χ3v) is 8.03. The molecule has 44 heavy (non-hydrogen) atoms. The predicted octanol–water partition coefficient (Wildman–Crippen LogP) is 5.48. The minimum atomic E-state index is -0.758. The number of esters is 1. The van der Waals surface area contributed by atoms with Crippen LogP contribution >= 0.6 is 11.3 Å². The normalized spacial score (nSPS) is 14.7. The molecule has 3 aromatic carbocycles. The number of nitrogens with zero attached hydrogens (tertiary/aromatic N) is 2. The molecule has 0 spiro atoms. The molecule has 1 aliphatic heterocycles. The number of ether oxygens (including phenoxy) is 4. The first kappa shape index (κ1) is 30.8. The lowest BCUT2D eigenvalue weighted by atomic mass is 9.95. The summed E-state index contributed by atoms with van der Waals surface area (Å²) in [7, 11) is 1.56. The van der Waals surface area contributed by atoms with Gasteiger partial charge in [0, 0.05) is 0 Å². The first-order valence-corrected chi connectivity index (χ1v) is 15.3. The maximum atomic E-state index is 14.0. The van der Waals surface area contributed by atoms with Crippen molar-refractivity contribution in [2.24, 2.45) is 4.99 Å². The standard InChI is InChI=1S/C35H36N2O6S/c1-7-41-34(39)31-23(5)36-35-37(32(31)26-13-16-28(43-21(2)3)29(19-26)40-6)33(38)30(44-35)18-24-11-14-27(15-12-24)42-20-25-10-8-9-22(4)17-25/h8-19,21,32H,7,20H2,1-6H3/b30-18-/t32-/m1/s1. The molecule has 9 heteroatoms. The van der Waals surface area contributed by atoms with Gasteiger partial charge in [0.15, 0.2) is 16.3 Å². The van der Waals surface area contributed by atoms with Gasteiger partial charge in [-0.05, 0) is 81.7 Å². The molecule has 0 unspecified atom stereocenters. The number of rotatable bonds is 10. The van der Waals surface area contributed by atoms with Crippen molar-refractivity contribution in [3.63, 3.8) is 0 Å². The van der Waals surface area contributed by atoms with E-state index in [1.54, 1.807) is 37.7 Å². The third-order valence-electron chi connectivity index (χ3n) is 7.05. The van der Waals surface area contributed by atoms with Gasteiger partial charge in [-0.2, -0.15) is 0 Å². The molecule has 2 heterocycles. The van der Waals surface area contributed by atoms with Crippen molar-refractivity contribution in [3.05, 3.63) is 120 Å². The van der Waals surface area contributed by atoms with Crippen molar-refractivity contribution in [1.82, 2.24) is 4.57 Å². The fourth-order valence-electron chi connectivity index (χ4n) is 5.09. The van der Waals surface area contributed by atoms with Gasteiger partial charge in [0.2, 0.25) is 0 Å². The second-order valence-electron chi connectivity index (χ2n) is 10.7.